The lowest BCUT2D eigenvalue weighted by molar-refractivity contribution is -0.116. The average molecular weight is 461 g/mol. The van der Waals surface area contributed by atoms with Gasteiger partial charge < -0.3 is 20.1 Å². The van der Waals surface area contributed by atoms with E-state index in [-0.39, 0.29) is 5.91 Å². The minimum Gasteiger partial charge on any atom is -0.493 e. The van der Waals surface area contributed by atoms with Gasteiger partial charge in [-0.25, -0.2) is 4.98 Å². The molecule has 4 aromatic rings. The number of aromatic nitrogens is 2. The Morgan fingerprint density at radius 3 is 2.39 bits per heavy atom. The molecule has 0 saturated heterocycles. The smallest absolute Gasteiger partial charge is 0.224 e. The van der Waals surface area contributed by atoms with Crippen LogP contribution in [0.15, 0.2) is 72.4 Å². The summed E-state index contributed by atoms with van der Waals surface area (Å²) in [5.41, 5.74) is 4.59. The Morgan fingerprint density at radius 1 is 0.939 bits per heavy atom. The van der Waals surface area contributed by atoms with E-state index in [1.54, 1.807) is 26.6 Å². The first-order valence-electron chi connectivity index (χ1n) is 10.4. The van der Waals surface area contributed by atoms with Crippen molar-refractivity contribution < 1.29 is 14.3 Å². The van der Waals surface area contributed by atoms with E-state index >= 15 is 0 Å². The molecule has 8 heteroatoms. The van der Waals surface area contributed by atoms with Gasteiger partial charge in [-0.05, 0) is 60.5 Å². The number of benzene rings is 2. The SMILES string of the molecule is COc1ccc(CCC(=O)Nc2ccc(Nc3nc(-c4ccncc4)cs3)cc2)cc1OC. The molecule has 2 N–H and O–H groups in total. The van der Waals surface area contributed by atoms with Gasteiger partial charge in [-0.15, -0.1) is 11.3 Å². The fourth-order valence-electron chi connectivity index (χ4n) is 3.26. The van der Waals surface area contributed by atoms with Crippen molar-refractivity contribution in [2.75, 3.05) is 24.9 Å². The summed E-state index contributed by atoms with van der Waals surface area (Å²) in [6.07, 6.45) is 4.48. The van der Waals surface area contributed by atoms with Gasteiger partial charge in [0.05, 0.1) is 19.9 Å². The average Bonchev–Trinajstić information content (AvgIpc) is 3.33. The van der Waals surface area contributed by atoms with Gasteiger partial charge in [0.25, 0.3) is 0 Å². The van der Waals surface area contributed by atoms with Crippen LogP contribution in [0.4, 0.5) is 16.5 Å². The molecule has 2 aromatic heterocycles. The largest absolute Gasteiger partial charge is 0.493 e. The molecule has 0 bridgehead atoms. The molecule has 0 atom stereocenters. The zero-order valence-electron chi connectivity index (χ0n) is 18.4. The van der Waals surface area contributed by atoms with Crippen LogP contribution in [-0.4, -0.2) is 30.1 Å². The normalized spacial score (nSPS) is 10.5. The zero-order valence-corrected chi connectivity index (χ0v) is 19.2. The number of thiazole rings is 1. The minimum atomic E-state index is -0.0487. The minimum absolute atomic E-state index is 0.0487. The van der Waals surface area contributed by atoms with Crippen molar-refractivity contribution in [1.82, 2.24) is 9.97 Å². The Bertz CT molecular complexity index is 1210. The summed E-state index contributed by atoms with van der Waals surface area (Å²) < 4.78 is 10.6. The molecule has 0 aliphatic heterocycles. The molecule has 0 spiro atoms. The summed E-state index contributed by atoms with van der Waals surface area (Å²) in [6, 6.07) is 17.1. The highest BCUT2D eigenvalue weighted by atomic mass is 32.1. The number of carbonyl (C=O) groups is 1. The number of hydrogen-bond donors (Lipinski definition) is 2. The van der Waals surface area contributed by atoms with E-state index in [0.717, 1.165) is 33.3 Å². The van der Waals surface area contributed by atoms with Gasteiger partial charge in [-0.2, -0.15) is 0 Å². The fraction of sp³-hybridized carbons (Fsp3) is 0.160. The molecule has 2 heterocycles. The van der Waals surface area contributed by atoms with Crippen molar-refractivity contribution in [3.05, 3.63) is 77.9 Å². The number of rotatable bonds is 9. The Labute approximate surface area is 196 Å². The van der Waals surface area contributed by atoms with Crippen LogP contribution < -0.4 is 20.1 Å². The van der Waals surface area contributed by atoms with E-state index in [9.17, 15) is 4.79 Å². The molecular weight excluding hydrogens is 436 g/mol. The van der Waals surface area contributed by atoms with E-state index in [4.69, 9.17) is 9.47 Å². The molecule has 4 rings (SSSR count). The van der Waals surface area contributed by atoms with Gasteiger partial charge in [0.1, 0.15) is 0 Å². The number of aryl methyl sites for hydroxylation is 1. The third kappa shape index (κ3) is 5.87. The van der Waals surface area contributed by atoms with Crippen LogP contribution in [0.5, 0.6) is 11.5 Å². The maximum atomic E-state index is 12.4. The Hall–Kier alpha value is -3.91. The lowest BCUT2D eigenvalue weighted by atomic mass is 10.1. The maximum Gasteiger partial charge on any atom is 0.224 e. The van der Waals surface area contributed by atoms with E-state index < -0.39 is 0 Å². The van der Waals surface area contributed by atoms with Crippen molar-refractivity contribution in [2.45, 2.75) is 12.8 Å². The molecule has 0 unspecified atom stereocenters. The predicted octanol–water partition coefficient (Wildman–Crippen LogP) is 5.54. The van der Waals surface area contributed by atoms with Gasteiger partial charge in [-0.3, -0.25) is 9.78 Å². The van der Waals surface area contributed by atoms with Gasteiger partial charge in [0.15, 0.2) is 16.6 Å². The number of nitrogens with zero attached hydrogens (tertiary/aromatic N) is 2. The van der Waals surface area contributed by atoms with E-state index in [2.05, 4.69) is 20.6 Å². The number of hydrogen-bond acceptors (Lipinski definition) is 7. The summed E-state index contributed by atoms with van der Waals surface area (Å²) in [6.45, 7) is 0. The third-order valence-electron chi connectivity index (χ3n) is 4.99. The van der Waals surface area contributed by atoms with Gasteiger partial charge >= 0.3 is 0 Å². The molecule has 0 saturated carbocycles. The Balaban J connectivity index is 1.30. The monoisotopic (exact) mass is 460 g/mol. The van der Waals surface area contributed by atoms with E-state index in [0.29, 0.717) is 24.3 Å². The number of nitrogens with one attached hydrogen (secondary N) is 2. The quantitative estimate of drug-likeness (QED) is 0.341. The van der Waals surface area contributed by atoms with Crippen LogP contribution in [0, 0.1) is 0 Å². The molecule has 1 amide bonds. The van der Waals surface area contributed by atoms with Crippen LogP contribution in [-0.2, 0) is 11.2 Å². The zero-order chi connectivity index (χ0) is 23.0. The number of methoxy groups -OCH3 is 2. The highest BCUT2D eigenvalue weighted by molar-refractivity contribution is 7.14. The van der Waals surface area contributed by atoms with Crippen molar-refractivity contribution >= 4 is 33.8 Å². The summed E-state index contributed by atoms with van der Waals surface area (Å²) >= 11 is 1.53. The molecule has 0 aliphatic rings. The molecule has 168 valence electrons. The topological polar surface area (TPSA) is 85.4 Å². The second-order valence-corrected chi connectivity index (χ2v) is 8.07. The van der Waals surface area contributed by atoms with Crippen LogP contribution in [0.1, 0.15) is 12.0 Å². The molecule has 2 aromatic carbocycles. The van der Waals surface area contributed by atoms with Gasteiger partial charge in [0, 0.05) is 41.1 Å². The van der Waals surface area contributed by atoms with Gasteiger partial charge in [0.2, 0.25) is 5.91 Å². The van der Waals surface area contributed by atoms with Crippen LogP contribution in [0.25, 0.3) is 11.3 Å². The maximum absolute atomic E-state index is 12.4. The second-order valence-electron chi connectivity index (χ2n) is 7.21. The number of anilines is 3. The summed E-state index contributed by atoms with van der Waals surface area (Å²) in [4.78, 5) is 21.0. The summed E-state index contributed by atoms with van der Waals surface area (Å²) in [5.74, 6) is 1.28. The Morgan fingerprint density at radius 2 is 1.67 bits per heavy atom. The summed E-state index contributed by atoms with van der Waals surface area (Å²) in [7, 11) is 3.20. The molecule has 33 heavy (non-hydrogen) atoms. The standard InChI is InChI=1S/C25H24N4O3S/c1-31-22-9-3-17(15-23(22)32-2)4-10-24(30)27-19-5-7-20(8-6-19)28-25-29-21(16-33-25)18-11-13-26-14-12-18/h3,5-9,11-16H,4,10H2,1-2H3,(H,27,30)(H,28,29). The molecule has 0 radical (unpaired) electrons. The number of amides is 1. The lowest BCUT2D eigenvalue weighted by Gasteiger charge is -2.10. The third-order valence-corrected chi connectivity index (χ3v) is 5.75. The highest BCUT2D eigenvalue weighted by Crippen LogP contribution is 2.29. The molecular formula is C25H24N4O3S. The molecule has 0 aliphatic carbocycles. The Kier molecular flexibility index (Phi) is 7.16. The lowest BCUT2D eigenvalue weighted by Crippen LogP contribution is -2.12. The highest BCUT2D eigenvalue weighted by Gasteiger charge is 2.08. The summed E-state index contributed by atoms with van der Waals surface area (Å²) in [5, 5.41) is 9.04. The fourth-order valence-corrected chi connectivity index (χ4v) is 4.00. The van der Waals surface area contributed by atoms with Crippen LogP contribution >= 0.6 is 11.3 Å². The van der Waals surface area contributed by atoms with Crippen molar-refractivity contribution in [2.24, 2.45) is 0 Å². The first-order valence-corrected chi connectivity index (χ1v) is 11.3. The van der Waals surface area contributed by atoms with Crippen molar-refractivity contribution in [1.29, 1.82) is 0 Å². The number of pyridine rings is 1. The van der Waals surface area contributed by atoms with Gasteiger partial charge in [-0.1, -0.05) is 6.07 Å². The van der Waals surface area contributed by atoms with Crippen molar-refractivity contribution in [3.8, 4) is 22.8 Å². The first-order chi connectivity index (χ1) is 16.1. The van der Waals surface area contributed by atoms with Crippen molar-refractivity contribution in [3.63, 3.8) is 0 Å². The number of carbonyl (C=O) groups excluding carboxylic acids is 1. The van der Waals surface area contributed by atoms with Crippen LogP contribution in [0.3, 0.4) is 0 Å². The van der Waals surface area contributed by atoms with Crippen LogP contribution in [0.2, 0.25) is 0 Å². The number of ether oxygens (including phenoxy) is 2. The molecule has 0 fully saturated rings. The second kappa shape index (κ2) is 10.6. The van der Waals surface area contributed by atoms with E-state index in [1.807, 2.05) is 60.0 Å². The van der Waals surface area contributed by atoms with E-state index in [1.165, 1.54) is 11.3 Å². The predicted molar refractivity (Wildman–Crippen MR) is 132 cm³/mol. The molecule has 7 nitrogen and oxygen atoms in total. The first kappa shape index (κ1) is 22.3.